The minimum absolute atomic E-state index is 0. The van der Waals surface area contributed by atoms with Gasteiger partial charge >= 0.3 is 69.3 Å². The van der Waals surface area contributed by atoms with Crippen molar-refractivity contribution >= 4 is 7.32 Å². The second-order valence-corrected chi connectivity index (χ2v) is 0.346. The van der Waals surface area contributed by atoms with E-state index in [-0.39, 0.29) is 62.0 Å². The molecule has 3 nitrogen and oxygen atoms in total. The molecule has 0 aliphatic heterocycles. The van der Waals surface area contributed by atoms with Gasteiger partial charge in [-0.05, 0) is 0 Å². The van der Waals surface area contributed by atoms with Gasteiger partial charge in [0.05, 0.1) is 0 Å². The normalized spacial score (nSPS) is 4.50. The van der Waals surface area contributed by atoms with Gasteiger partial charge in [-0.2, -0.15) is 0 Å². The van der Waals surface area contributed by atoms with Gasteiger partial charge in [-0.25, -0.2) is 0 Å². The summed E-state index contributed by atoms with van der Waals surface area (Å²) >= 11 is 0. The molecule has 0 spiro atoms. The minimum atomic E-state index is -2.17. The third kappa shape index (κ3) is 38.4. The molecule has 0 radical (unpaired) electrons. The maximum absolute atomic E-state index is 7.17. The molecular formula is H5BNa2O3+4. The second-order valence-electron chi connectivity index (χ2n) is 0.346. The zero-order chi connectivity index (χ0) is 3.58. The van der Waals surface area contributed by atoms with Crippen LogP contribution >= 0.6 is 0 Å². The average molecular weight is 110 g/mol. The van der Waals surface area contributed by atoms with Crippen LogP contribution < -0.4 is 59.1 Å². The molecule has 0 unspecified atom stereocenters. The molecule has 3 N–H and O–H groups in total. The van der Waals surface area contributed by atoms with Crippen LogP contribution in [0.25, 0.3) is 0 Å². The summed E-state index contributed by atoms with van der Waals surface area (Å²) in [6.45, 7) is 0. The second kappa shape index (κ2) is 10.0. The smallest absolute Gasteiger partial charge is 0.402 e. The predicted octanol–water partition coefficient (Wildman–Crippen LogP) is -7.82. The van der Waals surface area contributed by atoms with E-state index in [0.29, 0.717) is 0 Å². The average Bonchev–Trinajstić information content (AvgIpc) is 0.811. The van der Waals surface area contributed by atoms with E-state index >= 15 is 0 Å². The number of hydrogen-bond donors (Lipinski definition) is 3. The molecule has 0 fully saturated rings. The Balaban J connectivity index is -0.00000000750. The quantitative estimate of drug-likeness (QED) is 0.271. The van der Waals surface area contributed by atoms with Crippen molar-refractivity contribution in [3.05, 3.63) is 0 Å². The van der Waals surface area contributed by atoms with Crippen LogP contribution in [-0.4, -0.2) is 22.4 Å². The zero-order valence-corrected chi connectivity index (χ0v) is 7.92. The summed E-state index contributed by atoms with van der Waals surface area (Å²) in [5.74, 6) is 0. The van der Waals surface area contributed by atoms with Gasteiger partial charge in [0.1, 0.15) is 0 Å². The Bertz CT molecular complexity index is 20.0. The van der Waals surface area contributed by atoms with E-state index < -0.39 is 7.32 Å². The SMILES string of the molecule is OB(O)O.[H+].[H+].[Na+].[Na+]. The number of rotatable bonds is 0. The first-order valence-corrected chi connectivity index (χ1v) is 0.775. The van der Waals surface area contributed by atoms with Gasteiger partial charge in [0, 0.05) is 0 Å². The summed E-state index contributed by atoms with van der Waals surface area (Å²) in [4.78, 5) is 0. The topological polar surface area (TPSA) is 60.7 Å². The number of hydrogen-bond acceptors (Lipinski definition) is 3. The zero-order valence-electron chi connectivity index (χ0n) is 5.92. The third-order valence-corrected chi connectivity index (χ3v) is 0. The van der Waals surface area contributed by atoms with Crippen molar-refractivity contribution in [2.75, 3.05) is 0 Å². The molecule has 0 bridgehead atoms. The summed E-state index contributed by atoms with van der Waals surface area (Å²) < 4.78 is 0. The van der Waals surface area contributed by atoms with E-state index in [9.17, 15) is 0 Å². The largest absolute Gasteiger partial charge is 1.00 e. The van der Waals surface area contributed by atoms with Crippen LogP contribution in [0.4, 0.5) is 0 Å². The van der Waals surface area contributed by atoms with Crippen molar-refractivity contribution in [3.8, 4) is 0 Å². The van der Waals surface area contributed by atoms with Crippen molar-refractivity contribution < 1.29 is 77.0 Å². The first-order chi connectivity index (χ1) is 1.73. The molecule has 6 heteroatoms. The Kier molecular flexibility index (Phi) is 26.2. The molecule has 0 rings (SSSR count). The van der Waals surface area contributed by atoms with Gasteiger partial charge < -0.3 is 15.1 Å². The summed E-state index contributed by atoms with van der Waals surface area (Å²) in [6.07, 6.45) is 0. The summed E-state index contributed by atoms with van der Waals surface area (Å²) in [5.41, 5.74) is 0. The van der Waals surface area contributed by atoms with E-state index in [2.05, 4.69) is 0 Å². The predicted molar refractivity (Wildman–Crippen MR) is 14.6 cm³/mol. The van der Waals surface area contributed by atoms with Crippen LogP contribution in [-0.2, 0) is 0 Å². The fourth-order valence-corrected chi connectivity index (χ4v) is 0. The van der Waals surface area contributed by atoms with E-state index in [1.807, 2.05) is 0 Å². The molecule has 0 saturated heterocycles. The Morgan fingerprint density at radius 1 is 1.00 bits per heavy atom. The van der Waals surface area contributed by atoms with Gasteiger partial charge in [-0.1, -0.05) is 0 Å². The fourth-order valence-electron chi connectivity index (χ4n) is 0. The van der Waals surface area contributed by atoms with Gasteiger partial charge in [-0.15, -0.1) is 0 Å². The van der Waals surface area contributed by atoms with Crippen molar-refractivity contribution in [3.63, 3.8) is 0 Å². The minimum Gasteiger partial charge on any atom is -0.402 e. The Morgan fingerprint density at radius 3 is 1.00 bits per heavy atom. The summed E-state index contributed by atoms with van der Waals surface area (Å²) in [6, 6.07) is 0. The molecule has 0 amide bonds. The summed E-state index contributed by atoms with van der Waals surface area (Å²) in [7, 11) is -2.17. The molecule has 0 aromatic carbocycles. The Hall–Kier alpha value is 1.94. The van der Waals surface area contributed by atoms with Crippen LogP contribution in [0, 0.1) is 0 Å². The van der Waals surface area contributed by atoms with E-state index in [1.54, 1.807) is 0 Å². The molecule has 6 heavy (non-hydrogen) atoms. The van der Waals surface area contributed by atoms with Crippen LogP contribution in [0.3, 0.4) is 0 Å². The fraction of sp³-hybridized carbons (Fsp3) is 0. The van der Waals surface area contributed by atoms with Gasteiger partial charge in [0.2, 0.25) is 0 Å². The van der Waals surface area contributed by atoms with Crippen LogP contribution in [0.1, 0.15) is 2.85 Å². The molecule has 0 atom stereocenters. The van der Waals surface area contributed by atoms with Crippen LogP contribution in [0.2, 0.25) is 0 Å². The van der Waals surface area contributed by atoms with Crippen molar-refractivity contribution in [1.82, 2.24) is 0 Å². The molecule has 0 aliphatic rings. The monoisotopic (exact) mass is 110 g/mol. The van der Waals surface area contributed by atoms with E-state index in [0.717, 1.165) is 0 Å². The van der Waals surface area contributed by atoms with E-state index in [4.69, 9.17) is 15.1 Å². The van der Waals surface area contributed by atoms with Crippen LogP contribution in [0.5, 0.6) is 0 Å². The van der Waals surface area contributed by atoms with Crippen molar-refractivity contribution in [2.45, 2.75) is 0 Å². The Morgan fingerprint density at radius 2 is 1.00 bits per heavy atom. The first-order valence-electron chi connectivity index (χ1n) is 0.775. The third-order valence-electron chi connectivity index (χ3n) is 0. The first kappa shape index (κ1) is 15.7. The summed E-state index contributed by atoms with van der Waals surface area (Å²) in [5, 5.41) is 21.5. The molecule has 0 aliphatic carbocycles. The van der Waals surface area contributed by atoms with Crippen molar-refractivity contribution in [2.24, 2.45) is 0 Å². The van der Waals surface area contributed by atoms with Gasteiger partial charge in [0.25, 0.3) is 0 Å². The van der Waals surface area contributed by atoms with Crippen molar-refractivity contribution in [1.29, 1.82) is 0 Å². The standard InChI is InChI=1S/BH3O3.2Na/c2-1(3)4;;/h2-4H;;/q;2*+1/p+2. The van der Waals surface area contributed by atoms with Gasteiger partial charge in [0.15, 0.2) is 0 Å². The Labute approximate surface area is 83.5 Å². The molecule has 0 heterocycles. The van der Waals surface area contributed by atoms with Gasteiger partial charge in [-0.3, -0.25) is 0 Å². The van der Waals surface area contributed by atoms with Crippen LogP contribution in [0.15, 0.2) is 0 Å². The molecule has 24 valence electrons. The molecular weight excluding hydrogens is 105 g/mol. The molecule has 0 aromatic rings. The molecule has 0 aromatic heterocycles. The van der Waals surface area contributed by atoms with E-state index in [1.165, 1.54) is 0 Å². The maximum Gasteiger partial charge on any atom is 1.00 e. The maximum atomic E-state index is 7.17. The molecule has 0 saturated carbocycles.